The molecular formula is C16H21ClN3O6PS. The van der Waals surface area contributed by atoms with Crippen molar-refractivity contribution in [2.75, 3.05) is 27.2 Å². The maximum absolute atomic E-state index is 13.0. The highest BCUT2D eigenvalue weighted by Gasteiger charge is 2.28. The van der Waals surface area contributed by atoms with Gasteiger partial charge in [-0.15, -0.1) is 6.58 Å². The van der Waals surface area contributed by atoms with Crippen LogP contribution in [-0.4, -0.2) is 60.6 Å². The number of benzene rings is 1. The van der Waals surface area contributed by atoms with Crippen molar-refractivity contribution in [1.29, 1.82) is 0 Å². The first-order valence-electron chi connectivity index (χ1n) is 8.05. The highest BCUT2D eigenvalue weighted by Crippen LogP contribution is 2.33. The number of aromatic amines is 1. The molecule has 1 aromatic carbocycles. The molecule has 2 aromatic rings. The van der Waals surface area contributed by atoms with Gasteiger partial charge < -0.3 is 19.7 Å². The number of halogens is 1. The van der Waals surface area contributed by atoms with Crippen molar-refractivity contribution in [3.63, 3.8) is 0 Å². The van der Waals surface area contributed by atoms with Crippen LogP contribution in [-0.2, 0) is 14.4 Å². The second-order valence-corrected chi connectivity index (χ2v) is 10.4. The Morgan fingerprint density at radius 2 is 2.00 bits per heavy atom. The molecule has 0 fully saturated rings. The van der Waals surface area contributed by atoms with Gasteiger partial charge in [0.15, 0.2) is 9.84 Å². The smallest absolute Gasteiger partial charge is 0.321 e. The minimum atomic E-state index is -4.84. The van der Waals surface area contributed by atoms with Gasteiger partial charge in [-0.1, -0.05) is 17.7 Å². The van der Waals surface area contributed by atoms with E-state index in [0.717, 1.165) is 6.07 Å². The summed E-state index contributed by atoms with van der Waals surface area (Å²) in [6, 6.07) is 3.37. The minimum absolute atomic E-state index is 0.122. The van der Waals surface area contributed by atoms with Crippen LogP contribution in [0.25, 0.3) is 10.9 Å². The quantitative estimate of drug-likeness (QED) is 0.336. The Labute approximate surface area is 167 Å². The average molecular weight is 450 g/mol. The van der Waals surface area contributed by atoms with Gasteiger partial charge in [0.2, 0.25) is 0 Å². The molecule has 2 rings (SSSR count). The second kappa shape index (κ2) is 8.46. The molecule has 0 saturated carbocycles. The van der Waals surface area contributed by atoms with Crippen LogP contribution in [0.5, 0.6) is 0 Å². The van der Waals surface area contributed by atoms with E-state index in [4.69, 9.17) is 11.6 Å². The summed E-state index contributed by atoms with van der Waals surface area (Å²) in [5, 5.41) is 0.988. The highest BCUT2D eigenvalue weighted by atomic mass is 35.5. The zero-order valence-electron chi connectivity index (χ0n) is 15.2. The van der Waals surface area contributed by atoms with Crippen LogP contribution in [0.1, 0.15) is 0 Å². The van der Waals surface area contributed by atoms with Crippen LogP contribution in [0.15, 0.2) is 40.5 Å². The normalized spacial score (nSPS) is 13.8. The van der Waals surface area contributed by atoms with Crippen LogP contribution >= 0.6 is 19.2 Å². The third kappa shape index (κ3) is 4.90. The Morgan fingerprint density at radius 1 is 1.36 bits per heavy atom. The largest absolute Gasteiger partial charge is 0.361 e. The molecule has 154 valence electrons. The van der Waals surface area contributed by atoms with E-state index in [1.54, 1.807) is 0 Å². The van der Waals surface area contributed by atoms with Crippen LogP contribution < -0.4 is 16.2 Å². The van der Waals surface area contributed by atoms with E-state index in [-0.39, 0.29) is 20.8 Å². The molecule has 1 aromatic heterocycles. The van der Waals surface area contributed by atoms with Gasteiger partial charge in [-0.3, -0.25) is 14.7 Å². The van der Waals surface area contributed by atoms with Crippen LogP contribution in [0.3, 0.4) is 0 Å². The van der Waals surface area contributed by atoms with E-state index >= 15 is 0 Å². The van der Waals surface area contributed by atoms with Gasteiger partial charge in [0.05, 0.1) is 9.92 Å². The summed E-state index contributed by atoms with van der Waals surface area (Å²) in [6.07, 6.45) is 1.24. The molecule has 0 aliphatic carbocycles. The number of fused-ring (bicyclic) bond motifs is 1. The summed E-state index contributed by atoms with van der Waals surface area (Å²) >= 11 is 6.13. The number of H-pyrrole nitrogens is 1. The summed E-state index contributed by atoms with van der Waals surface area (Å²) in [7, 11) is -5.14. The van der Waals surface area contributed by atoms with E-state index in [9.17, 15) is 27.6 Å². The lowest BCUT2D eigenvalue weighted by Crippen LogP contribution is -2.39. The van der Waals surface area contributed by atoms with E-state index in [0.29, 0.717) is 13.1 Å². The second-order valence-electron chi connectivity index (χ2n) is 6.36. The third-order valence-corrected chi connectivity index (χ3v) is 7.31. The number of hydrogen-bond acceptors (Lipinski definition) is 6. The monoisotopic (exact) mass is 449 g/mol. The molecule has 0 aliphatic rings. The first-order valence-corrected chi connectivity index (χ1v) is 11.6. The molecule has 0 spiro atoms. The van der Waals surface area contributed by atoms with Crippen molar-refractivity contribution < 1.29 is 22.8 Å². The molecule has 4 N–H and O–H groups in total. The average Bonchev–Trinajstić information content (AvgIpc) is 2.56. The van der Waals surface area contributed by atoms with Crippen molar-refractivity contribution >= 4 is 45.2 Å². The van der Waals surface area contributed by atoms with Gasteiger partial charge in [-0.2, -0.15) is 0 Å². The van der Waals surface area contributed by atoms with Gasteiger partial charge in [0.25, 0.3) is 5.56 Å². The van der Waals surface area contributed by atoms with Crippen molar-refractivity contribution in [3.05, 3.63) is 46.2 Å². The number of nitrogens with one attached hydrogen (secondary N) is 2. The first-order chi connectivity index (χ1) is 12.9. The van der Waals surface area contributed by atoms with Crippen LogP contribution in [0.4, 0.5) is 0 Å². The van der Waals surface area contributed by atoms with Gasteiger partial charge in [0.1, 0.15) is 10.7 Å². The van der Waals surface area contributed by atoms with Gasteiger partial charge in [-0.25, -0.2) is 8.42 Å². The maximum atomic E-state index is 13.0. The summed E-state index contributed by atoms with van der Waals surface area (Å²) < 4.78 is 37.5. The fourth-order valence-corrected chi connectivity index (χ4v) is 5.12. The van der Waals surface area contributed by atoms with E-state index < -0.39 is 33.7 Å². The number of hydrogen-bond donors (Lipinski definition) is 4. The zero-order valence-corrected chi connectivity index (χ0v) is 17.7. The zero-order chi connectivity index (χ0) is 21.3. The van der Waals surface area contributed by atoms with Crippen molar-refractivity contribution in [3.8, 4) is 0 Å². The molecule has 0 aliphatic heterocycles. The Balaban J connectivity index is 2.57. The summed E-state index contributed by atoms with van der Waals surface area (Å²) in [5.74, 6) is 0. The Bertz CT molecular complexity index is 1110. The Hall–Kier alpha value is -1.52. The molecule has 1 atom stereocenters. The highest BCUT2D eigenvalue weighted by molar-refractivity contribution is 7.92. The number of sulfone groups is 1. The molecule has 0 amide bonds. The fraction of sp³-hybridized carbons (Fsp3) is 0.312. The number of nitrogens with zero attached hydrogens (tertiary/aromatic N) is 1. The predicted octanol–water partition coefficient (Wildman–Crippen LogP) is 0.422. The molecule has 28 heavy (non-hydrogen) atoms. The van der Waals surface area contributed by atoms with Crippen molar-refractivity contribution in [1.82, 2.24) is 15.2 Å². The van der Waals surface area contributed by atoms with Crippen LogP contribution in [0.2, 0.25) is 5.02 Å². The number of likely N-dealkylation sites (N-methyl/N-ethyl adjacent to an activating group) is 1. The lowest BCUT2D eigenvalue weighted by atomic mass is 10.2. The van der Waals surface area contributed by atoms with E-state index in [2.05, 4.69) is 16.9 Å². The van der Waals surface area contributed by atoms with Crippen LogP contribution in [0, 0.1) is 0 Å². The van der Waals surface area contributed by atoms with Gasteiger partial charge in [-0.05, 0) is 32.3 Å². The lowest BCUT2D eigenvalue weighted by molar-refractivity contribution is 0.387. The molecule has 0 bridgehead atoms. The standard InChI is InChI=1S/C16H21ClN3O6PS/c1-4-15(18-5-6-20(2)3)28(25,26)14-8-10-7-13(27(22,23)24)16(21)19-12(10)9-11(14)17/h4,7-9,15,18H,1,5-6H2,2-3H3,(H,19,21)(H2,22,23,24). The molecule has 9 nitrogen and oxygen atoms in total. The Kier molecular flexibility index (Phi) is 6.88. The molecule has 1 heterocycles. The lowest BCUT2D eigenvalue weighted by Gasteiger charge is -2.18. The molecule has 12 heteroatoms. The molecular weight excluding hydrogens is 429 g/mol. The minimum Gasteiger partial charge on any atom is -0.321 e. The topological polar surface area (TPSA) is 140 Å². The van der Waals surface area contributed by atoms with Crippen molar-refractivity contribution in [2.45, 2.75) is 10.3 Å². The predicted molar refractivity (Wildman–Crippen MR) is 109 cm³/mol. The fourth-order valence-electron chi connectivity index (χ4n) is 2.52. The molecule has 0 radical (unpaired) electrons. The van der Waals surface area contributed by atoms with E-state index in [1.807, 2.05) is 19.0 Å². The summed E-state index contributed by atoms with van der Waals surface area (Å²) in [6.45, 7) is 4.53. The number of rotatable bonds is 8. The number of pyridine rings is 1. The van der Waals surface area contributed by atoms with Gasteiger partial charge >= 0.3 is 7.60 Å². The summed E-state index contributed by atoms with van der Waals surface area (Å²) in [4.78, 5) is 34.4. The SMILES string of the molecule is C=CC(NCCN(C)C)S(=O)(=O)c1cc2cc(P(=O)(O)O)c(=O)[nH]c2cc1Cl. The van der Waals surface area contributed by atoms with Crippen molar-refractivity contribution in [2.24, 2.45) is 0 Å². The molecule has 0 saturated heterocycles. The summed E-state index contributed by atoms with van der Waals surface area (Å²) in [5.41, 5.74) is -0.816. The maximum Gasteiger partial charge on any atom is 0.361 e. The Morgan fingerprint density at radius 3 is 2.54 bits per heavy atom. The third-order valence-electron chi connectivity index (χ3n) is 3.95. The first kappa shape index (κ1) is 22.8. The van der Waals surface area contributed by atoms with Gasteiger partial charge in [0, 0.05) is 24.0 Å². The van der Waals surface area contributed by atoms with E-state index in [1.165, 1.54) is 18.2 Å². The number of aromatic nitrogens is 1. The molecule has 1 unspecified atom stereocenters.